The quantitative estimate of drug-likeness (QED) is 0.884. The first kappa shape index (κ1) is 14.1. The molecule has 1 saturated heterocycles. The predicted octanol–water partition coefficient (Wildman–Crippen LogP) is 1.76. The van der Waals surface area contributed by atoms with Gasteiger partial charge in [-0.3, -0.25) is 4.79 Å². The number of hydrogen-bond acceptors (Lipinski definition) is 4. The van der Waals surface area contributed by atoms with Crippen molar-refractivity contribution in [2.24, 2.45) is 0 Å². The second kappa shape index (κ2) is 6.21. The van der Waals surface area contributed by atoms with E-state index < -0.39 is 6.10 Å². The molecule has 6 heteroatoms. The van der Waals surface area contributed by atoms with Crippen LogP contribution in [0.3, 0.4) is 0 Å². The van der Waals surface area contributed by atoms with Crippen LogP contribution < -0.4 is 5.32 Å². The van der Waals surface area contributed by atoms with E-state index in [2.05, 4.69) is 17.2 Å². The number of anilines is 1. The summed E-state index contributed by atoms with van der Waals surface area (Å²) in [6.45, 7) is 3.75. The molecule has 2 heterocycles. The molecular weight excluding hydrogens is 266 g/mol. The summed E-state index contributed by atoms with van der Waals surface area (Å²) in [6, 6.07) is 3.43. The average molecular weight is 284 g/mol. The second-order valence-corrected chi connectivity index (χ2v) is 5.05. The number of aliphatic hydroxyl groups excluding tert-OH is 1. The zero-order chi connectivity index (χ0) is 13.8. The Bertz CT molecular complexity index is 467. The smallest absolute Gasteiger partial charge is 0.274 e. The van der Waals surface area contributed by atoms with Gasteiger partial charge in [-0.2, -0.15) is 0 Å². The fourth-order valence-corrected chi connectivity index (χ4v) is 2.21. The van der Waals surface area contributed by atoms with Crippen LogP contribution in [0, 0.1) is 0 Å². The Morgan fingerprint density at radius 1 is 1.63 bits per heavy atom. The van der Waals surface area contributed by atoms with E-state index in [1.165, 1.54) is 0 Å². The summed E-state index contributed by atoms with van der Waals surface area (Å²) in [5, 5.41) is 12.9. The standard InChI is InChI=1S/C13H18ClN3O2/c1-2-6-15-11-4-3-10(14)12(16-11)13(19)17-7-5-9(18)8-17/h3-4,9,18H,2,5-8H2,1H3,(H,15,16). The van der Waals surface area contributed by atoms with Crippen LogP contribution in [-0.4, -0.2) is 46.6 Å². The fraction of sp³-hybridized carbons (Fsp3) is 0.538. The molecule has 1 unspecified atom stereocenters. The third-order valence-corrected chi connectivity index (χ3v) is 3.36. The lowest BCUT2D eigenvalue weighted by Gasteiger charge is -2.16. The number of aromatic nitrogens is 1. The molecule has 104 valence electrons. The highest BCUT2D eigenvalue weighted by Gasteiger charge is 2.27. The zero-order valence-electron chi connectivity index (χ0n) is 10.9. The van der Waals surface area contributed by atoms with Crippen molar-refractivity contribution in [3.8, 4) is 0 Å². The van der Waals surface area contributed by atoms with E-state index in [1.807, 2.05) is 0 Å². The van der Waals surface area contributed by atoms with Crippen molar-refractivity contribution in [2.75, 3.05) is 25.0 Å². The van der Waals surface area contributed by atoms with Crippen LogP contribution in [0.15, 0.2) is 12.1 Å². The van der Waals surface area contributed by atoms with Crippen LogP contribution >= 0.6 is 11.6 Å². The number of pyridine rings is 1. The molecular formula is C13H18ClN3O2. The number of carbonyl (C=O) groups is 1. The minimum absolute atomic E-state index is 0.221. The maximum absolute atomic E-state index is 12.3. The highest BCUT2D eigenvalue weighted by Crippen LogP contribution is 2.20. The first-order valence-corrected chi connectivity index (χ1v) is 6.87. The monoisotopic (exact) mass is 283 g/mol. The number of amides is 1. The van der Waals surface area contributed by atoms with Crippen molar-refractivity contribution >= 4 is 23.3 Å². The molecule has 1 amide bonds. The van der Waals surface area contributed by atoms with Crippen molar-refractivity contribution < 1.29 is 9.90 Å². The maximum atomic E-state index is 12.3. The van der Waals surface area contributed by atoms with E-state index in [1.54, 1.807) is 17.0 Å². The lowest BCUT2D eigenvalue weighted by molar-refractivity contribution is 0.0759. The fourth-order valence-electron chi connectivity index (χ4n) is 2.02. The third kappa shape index (κ3) is 3.36. The molecule has 1 aromatic heterocycles. The summed E-state index contributed by atoms with van der Waals surface area (Å²) < 4.78 is 0. The van der Waals surface area contributed by atoms with Crippen LogP contribution in [0.4, 0.5) is 5.82 Å². The van der Waals surface area contributed by atoms with Crippen molar-refractivity contribution in [2.45, 2.75) is 25.9 Å². The minimum atomic E-state index is -0.441. The summed E-state index contributed by atoms with van der Waals surface area (Å²) >= 11 is 6.04. The number of likely N-dealkylation sites (tertiary alicyclic amines) is 1. The molecule has 0 aromatic carbocycles. The third-order valence-electron chi connectivity index (χ3n) is 3.06. The number of nitrogens with zero attached hydrogens (tertiary/aromatic N) is 2. The Labute approximate surface area is 117 Å². The number of hydrogen-bond donors (Lipinski definition) is 2. The van der Waals surface area contributed by atoms with Gasteiger partial charge in [-0.05, 0) is 25.0 Å². The number of nitrogens with one attached hydrogen (secondary N) is 1. The normalized spacial score (nSPS) is 18.7. The first-order valence-electron chi connectivity index (χ1n) is 6.49. The Kier molecular flexibility index (Phi) is 4.61. The molecule has 0 bridgehead atoms. The van der Waals surface area contributed by atoms with E-state index in [0.717, 1.165) is 13.0 Å². The number of rotatable bonds is 4. The zero-order valence-corrected chi connectivity index (χ0v) is 11.7. The molecule has 19 heavy (non-hydrogen) atoms. The van der Waals surface area contributed by atoms with Gasteiger partial charge in [-0.1, -0.05) is 18.5 Å². The number of aliphatic hydroxyl groups is 1. The Hall–Kier alpha value is -1.33. The predicted molar refractivity (Wildman–Crippen MR) is 74.6 cm³/mol. The topological polar surface area (TPSA) is 65.5 Å². The largest absolute Gasteiger partial charge is 0.391 e. The summed E-state index contributed by atoms with van der Waals surface area (Å²) in [4.78, 5) is 18.1. The van der Waals surface area contributed by atoms with E-state index >= 15 is 0 Å². The van der Waals surface area contributed by atoms with Crippen LogP contribution in [0.5, 0.6) is 0 Å². The average Bonchev–Trinajstić information content (AvgIpc) is 2.84. The minimum Gasteiger partial charge on any atom is -0.391 e. The highest BCUT2D eigenvalue weighted by atomic mass is 35.5. The van der Waals surface area contributed by atoms with Crippen LogP contribution in [0.1, 0.15) is 30.3 Å². The van der Waals surface area contributed by atoms with E-state index in [0.29, 0.717) is 30.4 Å². The van der Waals surface area contributed by atoms with Gasteiger partial charge in [0, 0.05) is 19.6 Å². The molecule has 0 saturated carbocycles. The van der Waals surface area contributed by atoms with Gasteiger partial charge >= 0.3 is 0 Å². The molecule has 0 aliphatic carbocycles. The summed E-state index contributed by atoms with van der Waals surface area (Å²) in [7, 11) is 0. The van der Waals surface area contributed by atoms with Gasteiger partial charge in [-0.15, -0.1) is 0 Å². The molecule has 2 N–H and O–H groups in total. The van der Waals surface area contributed by atoms with Gasteiger partial charge in [0.05, 0.1) is 11.1 Å². The number of halogens is 1. The summed E-state index contributed by atoms with van der Waals surface area (Å²) in [6.07, 6.45) is 1.15. The van der Waals surface area contributed by atoms with Crippen molar-refractivity contribution in [1.29, 1.82) is 0 Å². The van der Waals surface area contributed by atoms with Gasteiger partial charge in [-0.25, -0.2) is 4.98 Å². The molecule has 1 atom stereocenters. The van der Waals surface area contributed by atoms with E-state index in [9.17, 15) is 9.90 Å². The van der Waals surface area contributed by atoms with Gasteiger partial charge in [0.25, 0.3) is 5.91 Å². The van der Waals surface area contributed by atoms with Gasteiger partial charge in [0.2, 0.25) is 0 Å². The summed E-state index contributed by atoms with van der Waals surface area (Å²) in [5.41, 5.74) is 0.247. The molecule has 1 fully saturated rings. The second-order valence-electron chi connectivity index (χ2n) is 4.65. The van der Waals surface area contributed by atoms with Crippen LogP contribution in [0.2, 0.25) is 5.02 Å². The molecule has 1 aliphatic rings. The highest BCUT2D eigenvalue weighted by molar-refractivity contribution is 6.33. The summed E-state index contributed by atoms with van der Waals surface area (Å²) in [5.74, 6) is 0.427. The lowest BCUT2D eigenvalue weighted by atomic mass is 10.3. The van der Waals surface area contributed by atoms with E-state index in [-0.39, 0.29) is 11.6 Å². The van der Waals surface area contributed by atoms with Crippen molar-refractivity contribution in [3.05, 3.63) is 22.8 Å². The molecule has 0 radical (unpaired) electrons. The van der Waals surface area contributed by atoms with Crippen LogP contribution in [0.25, 0.3) is 0 Å². The lowest BCUT2D eigenvalue weighted by Crippen LogP contribution is -2.30. The molecule has 0 spiro atoms. The van der Waals surface area contributed by atoms with Gasteiger partial charge < -0.3 is 15.3 Å². The molecule has 5 nitrogen and oxygen atoms in total. The molecule has 1 aliphatic heterocycles. The van der Waals surface area contributed by atoms with Crippen molar-refractivity contribution in [1.82, 2.24) is 9.88 Å². The van der Waals surface area contributed by atoms with Gasteiger partial charge in [0.1, 0.15) is 11.5 Å². The van der Waals surface area contributed by atoms with Gasteiger partial charge in [0.15, 0.2) is 0 Å². The van der Waals surface area contributed by atoms with Crippen molar-refractivity contribution in [3.63, 3.8) is 0 Å². The van der Waals surface area contributed by atoms with Crippen LogP contribution in [-0.2, 0) is 0 Å². The number of carbonyl (C=O) groups excluding carboxylic acids is 1. The SMILES string of the molecule is CCCNc1ccc(Cl)c(C(=O)N2CCC(O)C2)n1. The maximum Gasteiger partial charge on any atom is 0.274 e. The first-order chi connectivity index (χ1) is 9.11. The Morgan fingerprint density at radius 3 is 3.05 bits per heavy atom. The molecule has 2 rings (SSSR count). The Balaban J connectivity index is 2.15. The Morgan fingerprint density at radius 2 is 2.42 bits per heavy atom. The van der Waals surface area contributed by atoms with E-state index in [4.69, 9.17) is 11.6 Å². The molecule has 1 aromatic rings. The number of β-amino-alcohol motifs (C(OH)–C–C–N with tert-alkyl or cyclic N) is 1.